The maximum atomic E-state index is 12.8. The molecule has 36 heavy (non-hydrogen) atoms. The van der Waals surface area contributed by atoms with Crippen molar-refractivity contribution in [1.29, 1.82) is 0 Å². The van der Waals surface area contributed by atoms with Crippen LogP contribution in [0.3, 0.4) is 0 Å². The molecule has 10 heteroatoms. The van der Waals surface area contributed by atoms with Gasteiger partial charge in [0.05, 0.1) is 34.9 Å². The highest BCUT2D eigenvalue weighted by molar-refractivity contribution is 6.32. The van der Waals surface area contributed by atoms with Crippen LogP contribution in [-0.2, 0) is 11.2 Å². The van der Waals surface area contributed by atoms with Gasteiger partial charge in [-0.15, -0.1) is 0 Å². The number of aliphatic hydroxyl groups is 1. The molecule has 1 fully saturated rings. The molecule has 3 N–H and O–H groups in total. The van der Waals surface area contributed by atoms with Crippen molar-refractivity contribution in [3.8, 4) is 5.75 Å². The van der Waals surface area contributed by atoms with E-state index in [2.05, 4.69) is 19.9 Å². The van der Waals surface area contributed by atoms with E-state index in [1.807, 2.05) is 17.6 Å². The van der Waals surface area contributed by atoms with Crippen LogP contribution in [0.5, 0.6) is 5.75 Å². The highest BCUT2D eigenvalue weighted by Crippen LogP contribution is 2.41. The number of aryl methyl sites for hydroxylation is 1. The van der Waals surface area contributed by atoms with Crippen molar-refractivity contribution in [3.05, 3.63) is 59.3 Å². The number of fused-ring (bicyclic) bond motifs is 1. The van der Waals surface area contributed by atoms with Gasteiger partial charge in [-0.1, -0.05) is 11.6 Å². The van der Waals surface area contributed by atoms with Crippen molar-refractivity contribution in [2.75, 3.05) is 26.7 Å². The molecule has 0 spiro atoms. The average Bonchev–Trinajstić information content (AvgIpc) is 2.92. The van der Waals surface area contributed by atoms with Crippen LogP contribution in [0.2, 0.25) is 5.02 Å². The zero-order valence-corrected chi connectivity index (χ0v) is 21.1. The number of pyridine rings is 1. The molecular weight excluding hydrogens is 482 g/mol. The summed E-state index contributed by atoms with van der Waals surface area (Å²) in [6, 6.07) is 5.44. The van der Waals surface area contributed by atoms with Gasteiger partial charge in [0, 0.05) is 35.7 Å². The number of nitrogens with zero attached hydrogens (tertiary/aromatic N) is 4. The fourth-order valence-corrected chi connectivity index (χ4v) is 5.32. The van der Waals surface area contributed by atoms with Gasteiger partial charge >= 0.3 is 0 Å². The zero-order chi connectivity index (χ0) is 25.5. The van der Waals surface area contributed by atoms with E-state index in [0.717, 1.165) is 38.2 Å². The number of rotatable bonds is 10. The van der Waals surface area contributed by atoms with Crippen LogP contribution in [0.15, 0.2) is 43.0 Å². The van der Waals surface area contributed by atoms with Crippen molar-refractivity contribution in [3.63, 3.8) is 0 Å². The van der Waals surface area contributed by atoms with Gasteiger partial charge in [0.15, 0.2) is 0 Å². The van der Waals surface area contributed by atoms with Gasteiger partial charge in [-0.3, -0.25) is 25.0 Å². The number of amides is 1. The molecule has 1 aliphatic rings. The molecule has 3 aromatic rings. The molecule has 4 rings (SSSR count). The Bertz CT molecular complexity index is 1170. The standard InChI is InChI=1S/C26H32ClN5O4/c1-36-19-4-5-22-20(15-19)24(21(27)17-30-22)23(33)6-7-26(25(34)31-35)8-13-32(14-9-26)12-2-3-18-16-28-10-11-29-18/h4-5,10-11,15-17,23,33,35H,2-3,6-9,12-14H2,1H3,(H,31,34)/t23-/m1/s1. The second-order valence-corrected chi connectivity index (χ2v) is 9.73. The number of nitrogens with one attached hydrogen (secondary N) is 1. The maximum absolute atomic E-state index is 12.8. The van der Waals surface area contributed by atoms with Crippen LogP contribution in [0, 0.1) is 5.41 Å². The Morgan fingerprint density at radius 3 is 2.75 bits per heavy atom. The van der Waals surface area contributed by atoms with Crippen molar-refractivity contribution in [2.45, 2.75) is 44.6 Å². The van der Waals surface area contributed by atoms with Crippen molar-refractivity contribution >= 4 is 28.4 Å². The fourth-order valence-electron chi connectivity index (χ4n) is 5.05. The lowest BCUT2D eigenvalue weighted by Gasteiger charge is -2.40. The van der Waals surface area contributed by atoms with E-state index in [9.17, 15) is 15.1 Å². The van der Waals surface area contributed by atoms with Crippen LogP contribution in [-0.4, -0.2) is 62.8 Å². The number of likely N-dealkylation sites (tertiary alicyclic amines) is 1. The summed E-state index contributed by atoms with van der Waals surface area (Å²) in [5.41, 5.74) is 3.35. The number of hydroxylamine groups is 1. The lowest BCUT2D eigenvalue weighted by atomic mass is 9.73. The molecule has 1 aliphatic heterocycles. The number of piperidine rings is 1. The Morgan fingerprint density at radius 1 is 1.25 bits per heavy atom. The van der Waals surface area contributed by atoms with Gasteiger partial charge in [0.1, 0.15) is 5.75 Å². The van der Waals surface area contributed by atoms with E-state index >= 15 is 0 Å². The summed E-state index contributed by atoms with van der Waals surface area (Å²) in [6.07, 6.45) is 9.50. The molecule has 0 bridgehead atoms. The molecule has 1 atom stereocenters. The fraction of sp³-hybridized carbons (Fsp3) is 0.462. The number of aliphatic hydroxyl groups excluding tert-OH is 1. The molecule has 192 valence electrons. The number of carbonyl (C=O) groups is 1. The number of hydrogen-bond acceptors (Lipinski definition) is 8. The van der Waals surface area contributed by atoms with Gasteiger partial charge in [-0.25, -0.2) is 5.48 Å². The largest absolute Gasteiger partial charge is 0.497 e. The second kappa shape index (κ2) is 11.9. The summed E-state index contributed by atoms with van der Waals surface area (Å²) in [5.74, 6) is 0.240. The average molecular weight is 514 g/mol. The third kappa shape index (κ3) is 5.92. The first-order valence-corrected chi connectivity index (χ1v) is 12.6. The van der Waals surface area contributed by atoms with E-state index < -0.39 is 17.4 Å². The van der Waals surface area contributed by atoms with Gasteiger partial charge < -0.3 is 14.7 Å². The van der Waals surface area contributed by atoms with Crippen LogP contribution >= 0.6 is 11.6 Å². The summed E-state index contributed by atoms with van der Waals surface area (Å²) in [4.78, 5) is 27.9. The van der Waals surface area contributed by atoms with E-state index in [1.54, 1.807) is 31.8 Å². The number of aromatic nitrogens is 3. The summed E-state index contributed by atoms with van der Waals surface area (Å²) in [6.45, 7) is 2.37. The predicted molar refractivity (Wildman–Crippen MR) is 136 cm³/mol. The van der Waals surface area contributed by atoms with Crippen molar-refractivity contribution in [1.82, 2.24) is 25.3 Å². The first-order chi connectivity index (χ1) is 17.5. The summed E-state index contributed by atoms with van der Waals surface area (Å²) >= 11 is 6.45. The summed E-state index contributed by atoms with van der Waals surface area (Å²) in [5, 5.41) is 21.7. The molecule has 3 heterocycles. The molecule has 0 saturated carbocycles. The Labute approximate surface area is 215 Å². The molecular formula is C26H32ClN5O4. The summed E-state index contributed by atoms with van der Waals surface area (Å²) < 4.78 is 5.33. The molecule has 0 radical (unpaired) electrons. The van der Waals surface area contributed by atoms with E-state index in [4.69, 9.17) is 16.3 Å². The second-order valence-electron chi connectivity index (χ2n) is 9.32. The van der Waals surface area contributed by atoms with E-state index in [-0.39, 0.29) is 0 Å². The first-order valence-electron chi connectivity index (χ1n) is 12.2. The number of carbonyl (C=O) groups excluding carboxylic acids is 1. The Morgan fingerprint density at radius 2 is 2.06 bits per heavy atom. The Hall–Kier alpha value is -2.85. The Balaban J connectivity index is 1.40. The van der Waals surface area contributed by atoms with E-state index in [1.165, 1.54) is 6.20 Å². The minimum absolute atomic E-state index is 0.316. The normalized spacial score (nSPS) is 16.6. The van der Waals surface area contributed by atoms with Crippen molar-refractivity contribution < 1.29 is 19.8 Å². The highest BCUT2D eigenvalue weighted by atomic mass is 35.5. The van der Waals surface area contributed by atoms with E-state index in [0.29, 0.717) is 52.9 Å². The number of benzene rings is 1. The van der Waals surface area contributed by atoms with Crippen LogP contribution in [0.4, 0.5) is 0 Å². The summed E-state index contributed by atoms with van der Waals surface area (Å²) in [7, 11) is 1.58. The number of hydrogen-bond donors (Lipinski definition) is 3. The SMILES string of the molecule is COc1ccc2ncc(Cl)c([C@H](O)CCC3(C(=O)NO)CCN(CCCc4cnccn4)CC3)c2c1. The Kier molecular flexibility index (Phi) is 8.68. The maximum Gasteiger partial charge on any atom is 0.249 e. The van der Waals surface area contributed by atoms with Gasteiger partial charge in [0.25, 0.3) is 0 Å². The quantitative estimate of drug-likeness (QED) is 0.277. The van der Waals surface area contributed by atoms with Crippen LogP contribution < -0.4 is 10.2 Å². The smallest absolute Gasteiger partial charge is 0.249 e. The molecule has 1 amide bonds. The van der Waals surface area contributed by atoms with Gasteiger partial charge in [-0.2, -0.15) is 0 Å². The number of halogens is 1. The van der Waals surface area contributed by atoms with Gasteiger partial charge in [-0.05, 0) is 76.4 Å². The minimum atomic E-state index is -0.900. The van der Waals surface area contributed by atoms with Crippen molar-refractivity contribution in [2.24, 2.45) is 5.41 Å². The third-order valence-corrected chi connectivity index (χ3v) is 7.52. The minimum Gasteiger partial charge on any atom is -0.497 e. The van der Waals surface area contributed by atoms with Gasteiger partial charge in [0.2, 0.25) is 5.91 Å². The first kappa shape index (κ1) is 26.2. The monoisotopic (exact) mass is 513 g/mol. The predicted octanol–water partition coefficient (Wildman–Crippen LogP) is 3.72. The zero-order valence-electron chi connectivity index (χ0n) is 20.4. The molecule has 9 nitrogen and oxygen atoms in total. The lowest BCUT2D eigenvalue weighted by molar-refractivity contribution is -0.143. The molecule has 0 unspecified atom stereocenters. The third-order valence-electron chi connectivity index (χ3n) is 7.22. The molecule has 1 saturated heterocycles. The number of methoxy groups -OCH3 is 1. The number of ether oxygens (including phenoxy) is 1. The lowest BCUT2D eigenvalue weighted by Crippen LogP contribution is -2.48. The molecule has 1 aromatic carbocycles. The van der Waals surface area contributed by atoms with Crippen LogP contribution in [0.25, 0.3) is 10.9 Å². The topological polar surface area (TPSA) is 121 Å². The highest BCUT2D eigenvalue weighted by Gasteiger charge is 2.41. The van der Waals surface area contributed by atoms with Crippen LogP contribution in [0.1, 0.15) is 49.5 Å². The molecule has 2 aromatic heterocycles. The molecule has 0 aliphatic carbocycles.